The van der Waals surface area contributed by atoms with Gasteiger partial charge in [-0.1, -0.05) is 40.9 Å². The van der Waals surface area contributed by atoms with Crippen molar-refractivity contribution in [2.24, 2.45) is 0 Å². The fourth-order valence-electron chi connectivity index (χ4n) is 1.73. The molecule has 0 saturated heterocycles. The number of aryl methyl sites for hydroxylation is 2. The highest BCUT2D eigenvalue weighted by Gasteiger charge is 2.21. The minimum Gasteiger partial charge on any atom is -0.276 e. The zero-order valence-electron chi connectivity index (χ0n) is 11.1. The third-order valence-corrected chi connectivity index (χ3v) is 5.05. The summed E-state index contributed by atoms with van der Waals surface area (Å²) >= 11 is 17.7. The number of aromatic nitrogens is 1. The molecule has 8 heteroatoms. The fourth-order valence-corrected chi connectivity index (χ4v) is 4.11. The standard InChI is InChI=1S/C13H11Cl3N2O2S/c1-7-3-4-10(9(14)5-7)21(19,20)18-12-8(2)6-11(15)17-13(12)16/h3-6,18H,1-2H3. The van der Waals surface area contributed by atoms with E-state index in [1.54, 1.807) is 19.1 Å². The van der Waals surface area contributed by atoms with Gasteiger partial charge >= 0.3 is 0 Å². The summed E-state index contributed by atoms with van der Waals surface area (Å²) in [4.78, 5) is 3.79. The van der Waals surface area contributed by atoms with Gasteiger partial charge in [0, 0.05) is 0 Å². The van der Waals surface area contributed by atoms with E-state index in [-0.39, 0.29) is 25.9 Å². The van der Waals surface area contributed by atoms with Crippen LogP contribution >= 0.6 is 34.8 Å². The van der Waals surface area contributed by atoms with Gasteiger partial charge in [0.25, 0.3) is 10.0 Å². The predicted octanol–water partition coefficient (Wildman–Crippen LogP) is 4.46. The lowest BCUT2D eigenvalue weighted by molar-refractivity contribution is 0.601. The quantitative estimate of drug-likeness (QED) is 0.817. The molecule has 2 rings (SSSR count). The molecule has 0 bridgehead atoms. The first kappa shape index (κ1) is 16.4. The molecular formula is C13H11Cl3N2O2S. The van der Waals surface area contributed by atoms with Crippen molar-refractivity contribution in [3.05, 3.63) is 50.7 Å². The summed E-state index contributed by atoms with van der Waals surface area (Å²) in [6.45, 7) is 3.49. The van der Waals surface area contributed by atoms with Gasteiger partial charge in [0.2, 0.25) is 0 Å². The van der Waals surface area contributed by atoms with E-state index in [4.69, 9.17) is 34.8 Å². The van der Waals surface area contributed by atoms with Crippen LogP contribution in [0.5, 0.6) is 0 Å². The lowest BCUT2D eigenvalue weighted by Crippen LogP contribution is -2.15. The highest BCUT2D eigenvalue weighted by molar-refractivity contribution is 7.92. The zero-order valence-corrected chi connectivity index (χ0v) is 14.2. The maximum absolute atomic E-state index is 12.4. The van der Waals surface area contributed by atoms with Gasteiger partial charge in [-0.15, -0.1) is 0 Å². The summed E-state index contributed by atoms with van der Waals surface area (Å²) in [5.41, 5.74) is 1.60. The Balaban J connectivity index is 2.47. The van der Waals surface area contributed by atoms with E-state index in [0.29, 0.717) is 5.56 Å². The molecule has 0 aliphatic carbocycles. The topological polar surface area (TPSA) is 59.1 Å². The Morgan fingerprint density at radius 3 is 2.33 bits per heavy atom. The molecule has 112 valence electrons. The van der Waals surface area contributed by atoms with Crippen molar-refractivity contribution in [1.82, 2.24) is 4.98 Å². The molecule has 0 fully saturated rings. The van der Waals surface area contributed by atoms with Crippen molar-refractivity contribution in [2.75, 3.05) is 4.72 Å². The molecule has 0 aliphatic heterocycles. The SMILES string of the molecule is Cc1ccc(S(=O)(=O)Nc2c(C)cc(Cl)nc2Cl)c(Cl)c1. The molecule has 0 aliphatic rings. The minimum atomic E-state index is -3.87. The Morgan fingerprint density at radius 1 is 1.10 bits per heavy atom. The molecule has 1 heterocycles. The molecule has 2 aromatic rings. The molecule has 0 radical (unpaired) electrons. The van der Waals surface area contributed by atoms with Crippen LogP contribution in [0.2, 0.25) is 15.3 Å². The smallest absolute Gasteiger partial charge is 0.263 e. The number of hydrogen-bond donors (Lipinski definition) is 1. The van der Waals surface area contributed by atoms with E-state index in [9.17, 15) is 8.42 Å². The summed E-state index contributed by atoms with van der Waals surface area (Å²) in [6.07, 6.45) is 0. The van der Waals surface area contributed by atoms with Crippen molar-refractivity contribution in [3.63, 3.8) is 0 Å². The third kappa shape index (κ3) is 3.61. The highest BCUT2D eigenvalue weighted by Crippen LogP contribution is 2.30. The van der Waals surface area contributed by atoms with Gasteiger partial charge in [0.05, 0.1) is 10.7 Å². The van der Waals surface area contributed by atoms with E-state index in [1.807, 2.05) is 6.92 Å². The molecule has 1 aromatic carbocycles. The van der Waals surface area contributed by atoms with Crippen molar-refractivity contribution in [2.45, 2.75) is 18.7 Å². The lowest BCUT2D eigenvalue weighted by atomic mass is 10.2. The molecular weight excluding hydrogens is 355 g/mol. The average molecular weight is 366 g/mol. The van der Waals surface area contributed by atoms with Crippen LogP contribution in [0.4, 0.5) is 5.69 Å². The molecule has 0 atom stereocenters. The Morgan fingerprint density at radius 2 is 1.76 bits per heavy atom. The first-order chi connectivity index (χ1) is 9.70. The van der Waals surface area contributed by atoms with Crippen molar-refractivity contribution < 1.29 is 8.42 Å². The van der Waals surface area contributed by atoms with Gasteiger partial charge in [-0.2, -0.15) is 0 Å². The van der Waals surface area contributed by atoms with Crippen molar-refractivity contribution in [3.8, 4) is 0 Å². The number of benzene rings is 1. The Kier molecular flexibility index (Phi) is 4.68. The normalized spacial score (nSPS) is 11.5. The Hall–Kier alpha value is -1.01. The molecule has 1 N–H and O–H groups in total. The molecule has 0 amide bonds. The van der Waals surface area contributed by atoms with Crippen LogP contribution < -0.4 is 4.72 Å². The van der Waals surface area contributed by atoms with Crippen LogP contribution in [0.3, 0.4) is 0 Å². The first-order valence-electron chi connectivity index (χ1n) is 5.82. The fraction of sp³-hybridized carbons (Fsp3) is 0.154. The van der Waals surface area contributed by atoms with Gasteiger partial charge in [-0.05, 0) is 43.2 Å². The second kappa shape index (κ2) is 6.01. The molecule has 0 saturated carbocycles. The number of pyridine rings is 1. The van der Waals surface area contributed by atoms with Gasteiger partial charge in [-0.3, -0.25) is 4.72 Å². The third-order valence-electron chi connectivity index (χ3n) is 2.75. The number of rotatable bonds is 3. The highest BCUT2D eigenvalue weighted by atomic mass is 35.5. The van der Waals surface area contributed by atoms with Crippen LogP contribution in [0, 0.1) is 13.8 Å². The average Bonchev–Trinajstić information content (AvgIpc) is 2.33. The largest absolute Gasteiger partial charge is 0.276 e. The van der Waals surface area contributed by atoms with E-state index >= 15 is 0 Å². The molecule has 4 nitrogen and oxygen atoms in total. The Labute approximate surface area is 138 Å². The minimum absolute atomic E-state index is 0.0215. The van der Waals surface area contributed by atoms with Crippen LogP contribution in [-0.4, -0.2) is 13.4 Å². The van der Waals surface area contributed by atoms with Gasteiger partial charge in [-0.25, -0.2) is 13.4 Å². The van der Waals surface area contributed by atoms with Crippen LogP contribution in [-0.2, 0) is 10.0 Å². The molecule has 1 aromatic heterocycles. The van der Waals surface area contributed by atoms with Crippen molar-refractivity contribution >= 4 is 50.5 Å². The number of nitrogens with zero attached hydrogens (tertiary/aromatic N) is 1. The Bertz CT molecular complexity index is 784. The summed E-state index contributed by atoms with van der Waals surface area (Å²) in [5.74, 6) is 0. The maximum atomic E-state index is 12.4. The first-order valence-corrected chi connectivity index (χ1v) is 8.44. The van der Waals surface area contributed by atoms with Gasteiger partial charge in [0.1, 0.15) is 10.0 Å². The van der Waals surface area contributed by atoms with Crippen LogP contribution in [0.1, 0.15) is 11.1 Å². The monoisotopic (exact) mass is 364 g/mol. The summed E-state index contributed by atoms with van der Waals surface area (Å²) in [5, 5.41) is 0.304. The number of nitrogens with one attached hydrogen (secondary N) is 1. The predicted molar refractivity (Wildman–Crippen MR) is 86.0 cm³/mol. The summed E-state index contributed by atoms with van der Waals surface area (Å²) < 4.78 is 27.2. The number of anilines is 1. The number of sulfonamides is 1. The summed E-state index contributed by atoms with van der Waals surface area (Å²) in [6, 6.07) is 6.19. The van der Waals surface area contributed by atoms with E-state index < -0.39 is 10.0 Å². The van der Waals surface area contributed by atoms with Crippen LogP contribution in [0.25, 0.3) is 0 Å². The maximum Gasteiger partial charge on any atom is 0.263 e. The van der Waals surface area contributed by atoms with E-state index in [1.165, 1.54) is 12.1 Å². The second-order valence-electron chi connectivity index (χ2n) is 4.47. The van der Waals surface area contributed by atoms with E-state index in [0.717, 1.165) is 5.56 Å². The van der Waals surface area contributed by atoms with E-state index in [2.05, 4.69) is 9.71 Å². The zero-order chi connectivity index (χ0) is 15.8. The molecule has 0 spiro atoms. The summed E-state index contributed by atoms with van der Waals surface area (Å²) in [7, 11) is -3.87. The van der Waals surface area contributed by atoms with Gasteiger partial charge in [0.15, 0.2) is 5.15 Å². The number of halogens is 3. The number of hydrogen-bond acceptors (Lipinski definition) is 3. The molecule has 0 unspecified atom stereocenters. The lowest BCUT2D eigenvalue weighted by Gasteiger charge is -2.13. The van der Waals surface area contributed by atoms with Crippen molar-refractivity contribution in [1.29, 1.82) is 0 Å². The second-order valence-corrected chi connectivity index (χ2v) is 7.27. The van der Waals surface area contributed by atoms with Crippen LogP contribution in [0.15, 0.2) is 29.2 Å². The van der Waals surface area contributed by atoms with Gasteiger partial charge < -0.3 is 0 Å². The molecule has 21 heavy (non-hydrogen) atoms.